The number of rotatable bonds is 10. The van der Waals surface area contributed by atoms with Crippen molar-refractivity contribution in [1.82, 2.24) is 9.80 Å². The zero-order chi connectivity index (χ0) is 29.9. The minimum absolute atomic E-state index is 0.0538. The summed E-state index contributed by atoms with van der Waals surface area (Å²) in [6.45, 7) is 20.7. The van der Waals surface area contributed by atoms with Crippen molar-refractivity contribution in [2.24, 2.45) is 4.99 Å². The number of unbranched alkanes of at least 4 members (excludes halogenated alkanes) is 1. The van der Waals surface area contributed by atoms with Crippen molar-refractivity contribution in [1.29, 1.82) is 0 Å². The molecular formula is C31H58FN3O3S. The zero-order valence-electron chi connectivity index (χ0n) is 26.4. The number of halogens is 1. The Bertz CT molecular complexity index is 768. The number of nitrogens with zero attached hydrogens (tertiary/aromatic N) is 3. The zero-order valence-corrected chi connectivity index (χ0v) is 27.2. The molecule has 2 heterocycles. The Labute approximate surface area is 243 Å². The third-order valence-corrected chi connectivity index (χ3v) is 7.88. The van der Waals surface area contributed by atoms with Crippen molar-refractivity contribution in [3.63, 3.8) is 0 Å². The van der Waals surface area contributed by atoms with Gasteiger partial charge in [-0.3, -0.25) is 9.79 Å². The molecule has 1 fully saturated rings. The van der Waals surface area contributed by atoms with Crippen molar-refractivity contribution in [3.05, 3.63) is 23.3 Å². The predicted molar refractivity (Wildman–Crippen MR) is 168 cm³/mol. The van der Waals surface area contributed by atoms with Gasteiger partial charge in [-0.2, -0.15) is 0 Å². The number of aliphatic hydroxyl groups is 1. The van der Waals surface area contributed by atoms with E-state index in [4.69, 9.17) is 4.74 Å². The van der Waals surface area contributed by atoms with Crippen molar-refractivity contribution < 1.29 is 19.0 Å². The second kappa shape index (κ2) is 20.6. The molecule has 1 N–H and O–H groups in total. The van der Waals surface area contributed by atoms with E-state index in [0.717, 1.165) is 38.2 Å². The number of β-amino-alcohol motifs (C(OH)–C–C–N with tert-alkyl or cyclic N) is 1. The highest BCUT2D eigenvalue weighted by Crippen LogP contribution is 2.40. The molecule has 39 heavy (non-hydrogen) atoms. The summed E-state index contributed by atoms with van der Waals surface area (Å²) in [6.07, 6.45) is 8.47. The third-order valence-electron chi connectivity index (χ3n) is 7.25. The van der Waals surface area contributed by atoms with Crippen LogP contribution in [0.25, 0.3) is 0 Å². The molecule has 1 saturated heterocycles. The fourth-order valence-electron chi connectivity index (χ4n) is 4.23. The number of thioether (sulfide) groups is 1. The molecule has 2 aliphatic heterocycles. The summed E-state index contributed by atoms with van der Waals surface area (Å²) >= 11 is 1.77. The van der Waals surface area contributed by atoms with Gasteiger partial charge in [-0.15, -0.1) is 11.8 Å². The Kier molecular flexibility index (Phi) is 20.0. The van der Waals surface area contributed by atoms with Crippen LogP contribution in [0.5, 0.6) is 0 Å². The Morgan fingerprint density at radius 1 is 1.31 bits per heavy atom. The van der Waals surface area contributed by atoms with E-state index in [9.17, 15) is 14.3 Å². The summed E-state index contributed by atoms with van der Waals surface area (Å²) < 4.78 is 19.7. The van der Waals surface area contributed by atoms with E-state index in [1.165, 1.54) is 30.9 Å². The summed E-state index contributed by atoms with van der Waals surface area (Å²) in [5, 5.41) is 9.44. The minimum Gasteiger partial charge on any atom is -0.386 e. The molecule has 3 aliphatic rings. The second-order valence-corrected chi connectivity index (χ2v) is 11.5. The lowest BCUT2D eigenvalue weighted by Crippen LogP contribution is -2.62. The first-order chi connectivity index (χ1) is 18.5. The Morgan fingerprint density at radius 2 is 1.97 bits per heavy atom. The monoisotopic (exact) mass is 571 g/mol. The van der Waals surface area contributed by atoms with Crippen LogP contribution in [-0.2, 0) is 9.53 Å². The van der Waals surface area contributed by atoms with Gasteiger partial charge in [0.05, 0.1) is 36.4 Å². The van der Waals surface area contributed by atoms with Crippen LogP contribution in [0.15, 0.2) is 28.3 Å². The number of allylic oxidation sites excluding steroid dienone is 1. The summed E-state index contributed by atoms with van der Waals surface area (Å²) in [7, 11) is 2.11. The van der Waals surface area contributed by atoms with Crippen LogP contribution in [0, 0.1) is 0 Å². The lowest BCUT2D eigenvalue weighted by Gasteiger charge is -2.45. The van der Waals surface area contributed by atoms with Crippen LogP contribution in [0.4, 0.5) is 4.39 Å². The number of ether oxygens (including phenoxy) is 1. The second-order valence-electron chi connectivity index (χ2n) is 10.4. The molecule has 2 atom stereocenters. The maximum atomic E-state index is 13.7. The average Bonchev–Trinajstić information content (AvgIpc) is 3.08. The summed E-state index contributed by atoms with van der Waals surface area (Å²) in [5.74, 6) is 1.19. The molecule has 8 heteroatoms. The number of amides is 1. The number of hydrogen-bond donors (Lipinski definition) is 1. The number of likely N-dealkylation sites (tertiary alicyclic amines) is 1. The number of alkyl halides is 1. The fourth-order valence-corrected chi connectivity index (χ4v) is 4.59. The first kappa shape index (κ1) is 37.8. The van der Waals surface area contributed by atoms with Crippen LogP contribution in [0.3, 0.4) is 0 Å². The SMILES string of the molecule is CC.CCC1(O)CN(C(C)=O)C1.CCCCN=CSCC.CCN(C)CCC1(C)OCC2=C1CC(F)CC=C2. The Morgan fingerprint density at radius 3 is 2.51 bits per heavy atom. The smallest absolute Gasteiger partial charge is 0.219 e. The fraction of sp³-hybridized carbons (Fsp3) is 0.806. The van der Waals surface area contributed by atoms with Gasteiger partial charge in [0.2, 0.25) is 5.91 Å². The lowest BCUT2D eigenvalue weighted by atomic mass is 9.87. The highest BCUT2D eigenvalue weighted by atomic mass is 32.2. The van der Waals surface area contributed by atoms with Gasteiger partial charge >= 0.3 is 0 Å². The van der Waals surface area contributed by atoms with Crippen LogP contribution >= 0.6 is 11.8 Å². The van der Waals surface area contributed by atoms with Gasteiger partial charge in [-0.25, -0.2) is 4.39 Å². The maximum Gasteiger partial charge on any atom is 0.219 e. The molecule has 228 valence electrons. The van der Waals surface area contributed by atoms with Crippen LogP contribution in [0.2, 0.25) is 0 Å². The lowest BCUT2D eigenvalue weighted by molar-refractivity contribution is -0.153. The molecule has 0 spiro atoms. The molecule has 6 nitrogen and oxygen atoms in total. The molecular weight excluding hydrogens is 513 g/mol. The van der Waals surface area contributed by atoms with Crippen molar-refractivity contribution in [2.75, 3.05) is 52.1 Å². The molecule has 0 aromatic heterocycles. The first-order valence-corrected chi connectivity index (χ1v) is 16.0. The first-order valence-electron chi connectivity index (χ1n) is 15.0. The van der Waals surface area contributed by atoms with E-state index in [1.807, 2.05) is 32.4 Å². The standard InChI is InChI=1S/C15H24FNO.C7H13NO2.C7H15NS.C2H6/c1-4-17(3)9-8-15(2)14-10-13(16)7-5-6-12(14)11-18-15;1-3-7(10)4-8(5-7)6(2)9;1-3-5-6-8-7-9-4-2;1-2/h5-6,13H,4,7-11H2,1-3H3;10H,3-5H2,1-2H3;7H,3-6H2,1-2H3;1-2H3. The summed E-state index contributed by atoms with van der Waals surface area (Å²) in [6, 6.07) is 0. The highest BCUT2D eigenvalue weighted by molar-refractivity contribution is 8.12. The van der Waals surface area contributed by atoms with Crippen molar-refractivity contribution >= 4 is 23.2 Å². The predicted octanol–water partition coefficient (Wildman–Crippen LogP) is 6.69. The number of carbonyl (C=O) groups is 1. The van der Waals surface area contributed by atoms with E-state index in [1.54, 1.807) is 16.7 Å². The van der Waals surface area contributed by atoms with E-state index >= 15 is 0 Å². The number of hydrogen-bond acceptors (Lipinski definition) is 6. The molecule has 0 aromatic rings. The van der Waals surface area contributed by atoms with Crippen LogP contribution < -0.4 is 0 Å². The maximum absolute atomic E-state index is 13.7. The van der Waals surface area contributed by atoms with Gasteiger partial charge in [-0.1, -0.05) is 60.1 Å². The van der Waals surface area contributed by atoms with E-state index < -0.39 is 11.8 Å². The molecule has 0 radical (unpaired) electrons. The van der Waals surface area contributed by atoms with E-state index in [0.29, 0.717) is 32.5 Å². The molecule has 0 saturated carbocycles. The van der Waals surface area contributed by atoms with Gasteiger partial charge in [0.1, 0.15) is 6.17 Å². The molecule has 1 amide bonds. The summed E-state index contributed by atoms with van der Waals surface area (Å²) in [4.78, 5) is 18.7. The molecule has 0 aromatic carbocycles. The summed E-state index contributed by atoms with van der Waals surface area (Å²) in [5.41, 5.74) is 3.50. The average molecular weight is 572 g/mol. The van der Waals surface area contributed by atoms with Gasteiger partial charge in [0.25, 0.3) is 0 Å². The topological polar surface area (TPSA) is 65.4 Å². The molecule has 0 bridgehead atoms. The third kappa shape index (κ3) is 14.3. The Balaban J connectivity index is 0.000000586. The van der Waals surface area contributed by atoms with Gasteiger partial charge in [0, 0.05) is 26.4 Å². The Hall–Kier alpha value is -1.22. The van der Waals surface area contributed by atoms with E-state index in [2.05, 4.69) is 50.7 Å². The van der Waals surface area contributed by atoms with Gasteiger partial charge in [-0.05, 0) is 63.1 Å². The van der Waals surface area contributed by atoms with Crippen LogP contribution in [0.1, 0.15) is 93.9 Å². The number of aliphatic imine (C=N–C) groups is 1. The normalized spacial score (nSPS) is 23.1. The molecule has 3 rings (SSSR count). The van der Waals surface area contributed by atoms with Crippen molar-refractivity contribution in [3.8, 4) is 0 Å². The van der Waals surface area contributed by atoms with Gasteiger partial charge < -0.3 is 19.6 Å². The van der Waals surface area contributed by atoms with Crippen molar-refractivity contribution in [2.45, 2.75) is 111 Å². The molecule has 1 aliphatic carbocycles. The van der Waals surface area contributed by atoms with Crippen LogP contribution in [-0.4, -0.2) is 95.9 Å². The number of carbonyl (C=O) groups excluding carboxylic acids is 1. The molecule has 2 unspecified atom stereocenters. The van der Waals surface area contributed by atoms with E-state index in [-0.39, 0.29) is 11.5 Å². The quantitative estimate of drug-likeness (QED) is 0.180. The minimum atomic E-state index is -0.751. The largest absolute Gasteiger partial charge is 0.386 e. The highest BCUT2D eigenvalue weighted by Gasteiger charge is 2.40. The van der Waals surface area contributed by atoms with Gasteiger partial charge in [0.15, 0.2) is 0 Å².